The molecule has 1 amide bonds. The van der Waals surface area contributed by atoms with E-state index in [1.165, 1.54) is 0 Å². The van der Waals surface area contributed by atoms with Crippen LogP contribution in [0.4, 0.5) is 0 Å². The van der Waals surface area contributed by atoms with Crippen molar-refractivity contribution in [1.82, 2.24) is 15.1 Å². The highest BCUT2D eigenvalue weighted by atomic mass is 16.5. The second-order valence-corrected chi connectivity index (χ2v) is 5.67. The molecule has 0 aliphatic carbocycles. The van der Waals surface area contributed by atoms with Crippen LogP contribution in [0, 0.1) is 6.92 Å². The molecule has 0 aliphatic rings. The van der Waals surface area contributed by atoms with Gasteiger partial charge in [0.2, 0.25) is 0 Å². The van der Waals surface area contributed by atoms with E-state index in [2.05, 4.69) is 10.4 Å². The van der Waals surface area contributed by atoms with Crippen molar-refractivity contribution in [2.45, 2.75) is 6.92 Å². The molecule has 3 aromatic rings. The van der Waals surface area contributed by atoms with Crippen molar-refractivity contribution in [3.8, 4) is 17.2 Å². The molecule has 0 radical (unpaired) electrons. The van der Waals surface area contributed by atoms with E-state index >= 15 is 0 Å². The lowest BCUT2D eigenvalue weighted by Gasteiger charge is -2.09. The molecule has 26 heavy (non-hydrogen) atoms. The van der Waals surface area contributed by atoms with E-state index in [4.69, 9.17) is 9.47 Å². The number of hydrogen-bond donors (Lipinski definition) is 1. The Kier molecular flexibility index (Phi) is 5.53. The van der Waals surface area contributed by atoms with E-state index < -0.39 is 0 Å². The third-order valence-electron chi connectivity index (χ3n) is 3.97. The van der Waals surface area contributed by atoms with E-state index in [1.807, 2.05) is 61.5 Å². The summed E-state index contributed by atoms with van der Waals surface area (Å²) in [7, 11) is 1.62. The summed E-state index contributed by atoms with van der Waals surface area (Å²) in [6, 6.07) is 17.0. The number of amides is 1. The van der Waals surface area contributed by atoms with Gasteiger partial charge in [-0.3, -0.25) is 4.79 Å². The standard InChI is InChI=1S/C20H21N3O3/c1-15-19(14-22-23(15)16-6-4-3-5-7-16)20(24)21-12-13-26-18-10-8-17(25-2)9-11-18/h3-11,14H,12-13H2,1-2H3,(H,21,24). The highest BCUT2D eigenvalue weighted by Gasteiger charge is 2.14. The Morgan fingerprint density at radius 3 is 2.46 bits per heavy atom. The number of nitrogens with one attached hydrogen (secondary N) is 1. The minimum atomic E-state index is -0.164. The molecule has 0 aliphatic heterocycles. The first-order valence-electron chi connectivity index (χ1n) is 8.34. The summed E-state index contributed by atoms with van der Waals surface area (Å²) in [5.41, 5.74) is 2.27. The number of methoxy groups -OCH3 is 1. The van der Waals surface area contributed by atoms with Gasteiger partial charge in [0.1, 0.15) is 18.1 Å². The first kappa shape index (κ1) is 17.5. The Hall–Kier alpha value is -3.28. The van der Waals surface area contributed by atoms with Crippen molar-refractivity contribution in [2.24, 2.45) is 0 Å². The quantitative estimate of drug-likeness (QED) is 0.665. The van der Waals surface area contributed by atoms with Gasteiger partial charge in [-0.15, -0.1) is 0 Å². The monoisotopic (exact) mass is 351 g/mol. The predicted molar refractivity (Wildman–Crippen MR) is 99.1 cm³/mol. The zero-order valence-electron chi connectivity index (χ0n) is 14.8. The summed E-state index contributed by atoms with van der Waals surface area (Å²) in [6.45, 7) is 2.66. The fourth-order valence-electron chi connectivity index (χ4n) is 2.56. The molecule has 134 valence electrons. The van der Waals surface area contributed by atoms with Crippen LogP contribution >= 0.6 is 0 Å². The van der Waals surface area contributed by atoms with Gasteiger partial charge in [0.25, 0.3) is 5.91 Å². The molecule has 0 saturated heterocycles. The second-order valence-electron chi connectivity index (χ2n) is 5.67. The number of ether oxygens (including phenoxy) is 2. The van der Waals surface area contributed by atoms with Crippen molar-refractivity contribution in [3.05, 3.63) is 72.1 Å². The Morgan fingerprint density at radius 1 is 1.08 bits per heavy atom. The zero-order chi connectivity index (χ0) is 18.4. The van der Waals surface area contributed by atoms with E-state index in [-0.39, 0.29) is 5.91 Å². The average molecular weight is 351 g/mol. The van der Waals surface area contributed by atoms with E-state index in [9.17, 15) is 4.79 Å². The van der Waals surface area contributed by atoms with Crippen LogP contribution in [0.2, 0.25) is 0 Å². The maximum atomic E-state index is 12.4. The summed E-state index contributed by atoms with van der Waals surface area (Å²) >= 11 is 0. The van der Waals surface area contributed by atoms with Crippen LogP contribution < -0.4 is 14.8 Å². The maximum absolute atomic E-state index is 12.4. The first-order chi connectivity index (χ1) is 12.7. The van der Waals surface area contributed by atoms with Gasteiger partial charge in [-0.1, -0.05) is 18.2 Å². The minimum absolute atomic E-state index is 0.164. The van der Waals surface area contributed by atoms with Crippen LogP contribution in [0.1, 0.15) is 16.1 Å². The SMILES string of the molecule is COc1ccc(OCCNC(=O)c2cnn(-c3ccccc3)c2C)cc1. The number of carbonyl (C=O) groups is 1. The van der Waals surface area contributed by atoms with Gasteiger partial charge < -0.3 is 14.8 Å². The largest absolute Gasteiger partial charge is 0.497 e. The maximum Gasteiger partial charge on any atom is 0.254 e. The Labute approximate surface area is 152 Å². The number of rotatable bonds is 7. The van der Waals surface area contributed by atoms with Gasteiger partial charge in [-0.05, 0) is 43.3 Å². The van der Waals surface area contributed by atoms with Gasteiger partial charge in [0.15, 0.2) is 0 Å². The lowest BCUT2D eigenvalue weighted by atomic mass is 10.2. The van der Waals surface area contributed by atoms with Crippen molar-refractivity contribution >= 4 is 5.91 Å². The molecule has 0 saturated carbocycles. The Bertz CT molecular complexity index is 858. The summed E-state index contributed by atoms with van der Waals surface area (Å²) in [5.74, 6) is 1.34. The second kappa shape index (κ2) is 8.20. The summed E-state index contributed by atoms with van der Waals surface area (Å²) in [6.07, 6.45) is 1.59. The fraction of sp³-hybridized carbons (Fsp3) is 0.200. The van der Waals surface area contributed by atoms with E-state index in [0.717, 1.165) is 22.9 Å². The summed E-state index contributed by atoms with van der Waals surface area (Å²) in [4.78, 5) is 12.4. The summed E-state index contributed by atoms with van der Waals surface area (Å²) in [5, 5.41) is 7.17. The summed E-state index contributed by atoms with van der Waals surface area (Å²) < 4.78 is 12.5. The molecular weight excluding hydrogens is 330 g/mol. The normalized spacial score (nSPS) is 10.4. The molecule has 0 bridgehead atoms. The third kappa shape index (κ3) is 4.03. The van der Waals surface area contributed by atoms with Crippen LogP contribution in [-0.4, -0.2) is 35.9 Å². The van der Waals surface area contributed by atoms with Crippen LogP contribution in [-0.2, 0) is 0 Å². The van der Waals surface area contributed by atoms with Crippen LogP contribution in [0.25, 0.3) is 5.69 Å². The molecular formula is C20H21N3O3. The number of hydrogen-bond acceptors (Lipinski definition) is 4. The van der Waals surface area contributed by atoms with Crippen LogP contribution in [0.3, 0.4) is 0 Å². The average Bonchev–Trinajstić information content (AvgIpc) is 3.07. The molecule has 0 unspecified atom stereocenters. The Balaban J connectivity index is 1.53. The molecule has 6 nitrogen and oxygen atoms in total. The zero-order valence-corrected chi connectivity index (χ0v) is 14.8. The molecule has 0 spiro atoms. The van der Waals surface area contributed by atoms with Crippen molar-refractivity contribution in [2.75, 3.05) is 20.3 Å². The van der Waals surface area contributed by atoms with Gasteiger partial charge in [-0.2, -0.15) is 5.10 Å². The predicted octanol–water partition coefficient (Wildman–Crippen LogP) is 3.00. The molecule has 0 atom stereocenters. The van der Waals surface area contributed by atoms with Gasteiger partial charge in [0.05, 0.1) is 36.8 Å². The molecule has 0 fully saturated rings. The molecule has 3 rings (SSSR count). The third-order valence-corrected chi connectivity index (χ3v) is 3.97. The topological polar surface area (TPSA) is 65.4 Å². The number of nitrogens with zero attached hydrogens (tertiary/aromatic N) is 2. The lowest BCUT2D eigenvalue weighted by Crippen LogP contribution is -2.28. The Morgan fingerprint density at radius 2 is 1.77 bits per heavy atom. The van der Waals surface area contributed by atoms with Crippen molar-refractivity contribution < 1.29 is 14.3 Å². The van der Waals surface area contributed by atoms with Crippen LogP contribution in [0.5, 0.6) is 11.5 Å². The number of carbonyl (C=O) groups excluding carboxylic acids is 1. The van der Waals surface area contributed by atoms with Crippen molar-refractivity contribution in [1.29, 1.82) is 0 Å². The highest BCUT2D eigenvalue weighted by molar-refractivity contribution is 5.95. The highest BCUT2D eigenvalue weighted by Crippen LogP contribution is 2.17. The van der Waals surface area contributed by atoms with E-state index in [0.29, 0.717) is 18.7 Å². The van der Waals surface area contributed by atoms with Gasteiger partial charge >= 0.3 is 0 Å². The first-order valence-corrected chi connectivity index (χ1v) is 8.34. The number of benzene rings is 2. The molecule has 1 heterocycles. The molecule has 1 aromatic heterocycles. The molecule has 6 heteroatoms. The fourth-order valence-corrected chi connectivity index (χ4v) is 2.56. The van der Waals surface area contributed by atoms with Crippen LogP contribution in [0.15, 0.2) is 60.8 Å². The van der Waals surface area contributed by atoms with Gasteiger partial charge in [-0.25, -0.2) is 4.68 Å². The lowest BCUT2D eigenvalue weighted by molar-refractivity contribution is 0.0946. The minimum Gasteiger partial charge on any atom is -0.497 e. The number of aromatic nitrogens is 2. The number of para-hydroxylation sites is 1. The molecule has 1 N–H and O–H groups in total. The molecule has 2 aromatic carbocycles. The van der Waals surface area contributed by atoms with Gasteiger partial charge in [0, 0.05) is 0 Å². The van der Waals surface area contributed by atoms with E-state index in [1.54, 1.807) is 18.0 Å². The van der Waals surface area contributed by atoms with Crippen molar-refractivity contribution in [3.63, 3.8) is 0 Å². The smallest absolute Gasteiger partial charge is 0.254 e.